The summed E-state index contributed by atoms with van der Waals surface area (Å²) in [4.78, 5) is 15.8. The highest BCUT2D eigenvalue weighted by atomic mass is 32.2. The van der Waals surface area contributed by atoms with Crippen molar-refractivity contribution in [3.05, 3.63) is 23.8 Å². The molecule has 2 aromatic rings. The number of sulfonamides is 1. The van der Waals surface area contributed by atoms with Crippen molar-refractivity contribution >= 4 is 42.6 Å². The molecule has 2 rings (SSSR count). The van der Waals surface area contributed by atoms with Crippen LogP contribution < -0.4 is 10.0 Å². The van der Waals surface area contributed by atoms with E-state index < -0.39 is 10.0 Å². The van der Waals surface area contributed by atoms with E-state index >= 15 is 0 Å². The minimum Gasteiger partial charge on any atom is -0.339 e. The van der Waals surface area contributed by atoms with Crippen molar-refractivity contribution in [1.29, 1.82) is 5.26 Å². The van der Waals surface area contributed by atoms with Gasteiger partial charge in [-0.15, -0.1) is 0 Å². The van der Waals surface area contributed by atoms with Crippen LogP contribution in [0.1, 0.15) is 10.4 Å². The van der Waals surface area contributed by atoms with E-state index in [-0.39, 0.29) is 17.6 Å². The lowest BCUT2D eigenvalue weighted by Crippen LogP contribution is -2.23. The summed E-state index contributed by atoms with van der Waals surface area (Å²) < 4.78 is 25.2. The van der Waals surface area contributed by atoms with Gasteiger partial charge in [-0.25, -0.2) is 13.4 Å². The molecule has 0 radical (unpaired) electrons. The van der Waals surface area contributed by atoms with E-state index in [9.17, 15) is 13.2 Å². The molecule has 0 bridgehead atoms. The number of rotatable bonds is 4. The lowest BCUT2D eigenvalue weighted by atomic mass is 10.2. The Bertz CT molecular complexity index is 805. The van der Waals surface area contributed by atoms with Crippen LogP contribution in [0.25, 0.3) is 10.2 Å². The molecular formula is C11H10N4O3S2. The molecule has 0 atom stereocenters. The molecular weight excluding hydrogens is 300 g/mol. The van der Waals surface area contributed by atoms with Crippen LogP contribution in [-0.2, 0) is 10.0 Å². The number of nitrogens with zero attached hydrogens (tertiary/aromatic N) is 2. The Kier molecular flexibility index (Phi) is 3.87. The van der Waals surface area contributed by atoms with Gasteiger partial charge >= 0.3 is 0 Å². The first-order valence-electron chi connectivity index (χ1n) is 5.42. The highest BCUT2D eigenvalue weighted by Gasteiger charge is 2.11. The van der Waals surface area contributed by atoms with Gasteiger partial charge in [0.15, 0.2) is 5.13 Å². The van der Waals surface area contributed by atoms with Crippen molar-refractivity contribution in [1.82, 2.24) is 10.3 Å². The molecule has 0 aliphatic heterocycles. The van der Waals surface area contributed by atoms with Crippen molar-refractivity contribution in [3.8, 4) is 6.07 Å². The number of aromatic nitrogens is 1. The molecule has 0 aliphatic carbocycles. The number of carbonyl (C=O) groups excluding carboxylic acids is 1. The third-order valence-corrected chi connectivity index (χ3v) is 3.88. The zero-order chi connectivity index (χ0) is 14.8. The molecule has 7 nitrogen and oxygen atoms in total. The van der Waals surface area contributed by atoms with Crippen molar-refractivity contribution in [3.63, 3.8) is 0 Å². The van der Waals surface area contributed by atoms with Crippen LogP contribution in [-0.4, -0.2) is 32.1 Å². The summed E-state index contributed by atoms with van der Waals surface area (Å²) >= 11 is 1.13. The lowest BCUT2D eigenvalue weighted by molar-refractivity contribution is 0.0958. The summed E-state index contributed by atoms with van der Waals surface area (Å²) in [6, 6.07) is 6.62. The highest BCUT2D eigenvalue weighted by molar-refractivity contribution is 7.92. The molecule has 1 aromatic carbocycles. The topological polar surface area (TPSA) is 112 Å². The van der Waals surface area contributed by atoms with E-state index in [0.29, 0.717) is 15.8 Å². The van der Waals surface area contributed by atoms with E-state index in [1.165, 1.54) is 0 Å². The first-order chi connectivity index (χ1) is 9.39. The fraction of sp³-hybridized carbons (Fsp3) is 0.182. The number of nitrogens with one attached hydrogen (secondary N) is 2. The second-order valence-electron chi connectivity index (χ2n) is 3.92. The second kappa shape index (κ2) is 5.44. The van der Waals surface area contributed by atoms with Crippen molar-refractivity contribution in [2.75, 3.05) is 17.5 Å². The first-order valence-corrected chi connectivity index (χ1v) is 8.13. The molecule has 1 aromatic heterocycles. The summed E-state index contributed by atoms with van der Waals surface area (Å²) in [5.41, 5.74) is 0.986. The van der Waals surface area contributed by atoms with Crippen molar-refractivity contribution in [2.45, 2.75) is 0 Å². The summed E-state index contributed by atoms with van der Waals surface area (Å²) in [5.74, 6) is -0.362. The maximum atomic E-state index is 11.7. The molecule has 1 heterocycles. The number of benzene rings is 1. The maximum absolute atomic E-state index is 11.7. The first kappa shape index (κ1) is 14.2. The largest absolute Gasteiger partial charge is 0.339 e. The third-order valence-electron chi connectivity index (χ3n) is 2.25. The molecule has 20 heavy (non-hydrogen) atoms. The second-order valence-corrected chi connectivity index (χ2v) is 6.70. The van der Waals surface area contributed by atoms with Gasteiger partial charge in [0.2, 0.25) is 10.0 Å². The number of hydrogen-bond acceptors (Lipinski definition) is 6. The Morgan fingerprint density at radius 1 is 1.50 bits per heavy atom. The molecule has 0 saturated carbocycles. The van der Waals surface area contributed by atoms with Crippen LogP contribution in [0, 0.1) is 11.3 Å². The van der Waals surface area contributed by atoms with E-state index in [0.717, 1.165) is 17.6 Å². The number of fused-ring (bicyclic) bond motifs is 1. The maximum Gasteiger partial charge on any atom is 0.252 e. The van der Waals surface area contributed by atoms with E-state index in [1.54, 1.807) is 18.2 Å². The quantitative estimate of drug-likeness (QED) is 0.816. The Morgan fingerprint density at radius 3 is 2.90 bits per heavy atom. The fourth-order valence-electron chi connectivity index (χ4n) is 1.49. The molecule has 0 saturated heterocycles. The number of carbonyl (C=O) groups is 1. The molecule has 0 unspecified atom stereocenters. The zero-order valence-electron chi connectivity index (χ0n) is 10.4. The molecule has 2 N–H and O–H groups in total. The van der Waals surface area contributed by atoms with Gasteiger partial charge in [-0.3, -0.25) is 9.52 Å². The van der Waals surface area contributed by atoms with E-state index in [1.807, 2.05) is 6.07 Å². The predicted octanol–water partition coefficient (Wildman–Crippen LogP) is 0.921. The molecule has 9 heteroatoms. The third kappa shape index (κ3) is 3.43. The van der Waals surface area contributed by atoms with Crippen LogP contribution in [0.2, 0.25) is 0 Å². The van der Waals surface area contributed by atoms with Gasteiger partial charge in [-0.1, -0.05) is 11.3 Å². The molecule has 1 amide bonds. The van der Waals surface area contributed by atoms with Crippen LogP contribution in [0.4, 0.5) is 5.13 Å². The minimum absolute atomic E-state index is 0.0690. The number of anilines is 1. The molecule has 0 fully saturated rings. The van der Waals surface area contributed by atoms with Gasteiger partial charge in [0, 0.05) is 5.56 Å². The number of amides is 1. The minimum atomic E-state index is -3.38. The Balaban J connectivity index is 2.30. The van der Waals surface area contributed by atoms with Crippen molar-refractivity contribution < 1.29 is 13.2 Å². The monoisotopic (exact) mass is 310 g/mol. The average Bonchev–Trinajstić information content (AvgIpc) is 2.74. The molecule has 104 valence electrons. The Hall–Kier alpha value is -2.18. The van der Waals surface area contributed by atoms with Crippen LogP contribution in [0.3, 0.4) is 0 Å². The summed E-state index contributed by atoms with van der Waals surface area (Å²) in [7, 11) is -3.38. The molecule has 0 spiro atoms. The normalized spacial score (nSPS) is 11.0. The van der Waals surface area contributed by atoms with Gasteiger partial charge in [-0.2, -0.15) is 5.26 Å². The van der Waals surface area contributed by atoms with Gasteiger partial charge in [0.25, 0.3) is 5.91 Å². The SMILES string of the molecule is CS(=O)(=O)Nc1nc2ccc(C(=O)NCC#N)cc2s1. The standard InChI is InChI=1S/C11H10N4O3S2/c1-20(17,18)15-11-14-8-3-2-7(6-9(8)19-11)10(16)13-5-4-12/h2-3,6H,5H2,1H3,(H,13,16)(H,14,15). The summed E-state index contributed by atoms with van der Waals surface area (Å²) in [5, 5.41) is 11.1. The Morgan fingerprint density at radius 2 is 2.25 bits per heavy atom. The van der Waals surface area contributed by atoms with Crippen LogP contribution >= 0.6 is 11.3 Å². The highest BCUT2D eigenvalue weighted by Crippen LogP contribution is 2.27. The average molecular weight is 310 g/mol. The van der Waals surface area contributed by atoms with Gasteiger partial charge in [0.1, 0.15) is 6.54 Å². The van der Waals surface area contributed by atoms with Crippen LogP contribution in [0.5, 0.6) is 0 Å². The van der Waals surface area contributed by atoms with Crippen molar-refractivity contribution in [2.24, 2.45) is 0 Å². The van der Waals surface area contributed by atoms with E-state index in [4.69, 9.17) is 5.26 Å². The summed E-state index contributed by atoms with van der Waals surface area (Å²) in [6.07, 6.45) is 1.04. The number of hydrogen-bond donors (Lipinski definition) is 2. The number of nitriles is 1. The predicted molar refractivity (Wildman–Crippen MR) is 76.0 cm³/mol. The van der Waals surface area contributed by atoms with Crippen LogP contribution in [0.15, 0.2) is 18.2 Å². The van der Waals surface area contributed by atoms with Gasteiger partial charge < -0.3 is 5.32 Å². The van der Waals surface area contributed by atoms with Gasteiger partial charge in [-0.05, 0) is 18.2 Å². The Labute approximate surface area is 119 Å². The molecule has 0 aliphatic rings. The van der Waals surface area contributed by atoms with E-state index in [2.05, 4.69) is 15.0 Å². The smallest absolute Gasteiger partial charge is 0.252 e. The number of thiazole rings is 1. The zero-order valence-corrected chi connectivity index (χ0v) is 12.0. The fourth-order valence-corrected chi connectivity index (χ4v) is 3.23. The van der Waals surface area contributed by atoms with Gasteiger partial charge in [0.05, 0.1) is 22.5 Å². The summed E-state index contributed by atoms with van der Waals surface area (Å²) in [6.45, 7) is -0.0690. The lowest BCUT2D eigenvalue weighted by Gasteiger charge is -1.99.